The number of aliphatic hydroxyl groups excluding tert-OH is 1. The van der Waals surface area contributed by atoms with Crippen molar-refractivity contribution in [3.05, 3.63) is 23.8 Å². The van der Waals surface area contributed by atoms with Crippen LogP contribution in [0.25, 0.3) is 0 Å². The fourth-order valence-electron chi connectivity index (χ4n) is 1.51. The molecule has 0 bridgehead atoms. The second-order valence-electron chi connectivity index (χ2n) is 4.04. The van der Waals surface area contributed by atoms with Crippen molar-refractivity contribution in [3.63, 3.8) is 0 Å². The molecule has 0 atom stereocenters. The smallest absolute Gasteiger partial charge is 0.234 e. The zero-order valence-electron chi connectivity index (χ0n) is 10.3. The molecule has 0 aliphatic rings. The van der Waals surface area contributed by atoms with Crippen molar-refractivity contribution in [2.75, 3.05) is 36.1 Å². The molecule has 0 spiro atoms. The van der Waals surface area contributed by atoms with Crippen molar-refractivity contribution in [3.8, 4) is 0 Å². The Morgan fingerprint density at radius 2 is 2.00 bits per heavy atom. The van der Waals surface area contributed by atoms with Gasteiger partial charge in [0.15, 0.2) is 0 Å². The Morgan fingerprint density at radius 3 is 2.53 bits per heavy atom. The van der Waals surface area contributed by atoms with Gasteiger partial charge in [-0.05, 0) is 24.6 Å². The molecule has 1 rings (SSSR count). The summed E-state index contributed by atoms with van der Waals surface area (Å²) >= 11 is 0. The minimum atomic E-state index is -3.46. The van der Waals surface area contributed by atoms with Crippen LogP contribution in [0.1, 0.15) is 5.56 Å². The molecule has 0 radical (unpaired) electrons. The Hall–Kier alpha value is -1.27. The predicted molar refractivity (Wildman–Crippen MR) is 70.0 cm³/mol. The first-order valence-electron chi connectivity index (χ1n) is 5.25. The Balaban J connectivity index is 2.97. The highest BCUT2D eigenvalue weighted by Gasteiger charge is 2.10. The first-order valence-corrected chi connectivity index (χ1v) is 6.90. The lowest BCUT2D eigenvalue weighted by Crippen LogP contribution is -2.19. The molecule has 0 amide bonds. The van der Waals surface area contributed by atoms with Crippen molar-refractivity contribution < 1.29 is 13.5 Å². The number of nitrogens with one attached hydrogen (secondary N) is 1. The zero-order chi connectivity index (χ0) is 13.1. The van der Waals surface area contributed by atoms with Gasteiger partial charge < -0.3 is 10.0 Å². The minimum absolute atomic E-state index is 0.293. The van der Waals surface area contributed by atoms with Gasteiger partial charge in [0.05, 0.1) is 18.0 Å². The number of anilines is 2. The maximum atomic E-state index is 11.5. The van der Waals surface area contributed by atoms with E-state index in [1.165, 1.54) is 0 Å². The van der Waals surface area contributed by atoms with Crippen LogP contribution in [0.3, 0.4) is 0 Å². The average Bonchev–Trinajstić information content (AvgIpc) is 2.20. The number of nitrogens with zero attached hydrogens (tertiary/aromatic N) is 1. The molecule has 96 valence electrons. The van der Waals surface area contributed by atoms with E-state index in [9.17, 15) is 8.42 Å². The van der Waals surface area contributed by atoms with Crippen LogP contribution in [0.2, 0.25) is 0 Å². The Labute approximate surface area is 102 Å². The summed E-state index contributed by atoms with van der Waals surface area (Å²) < 4.78 is 25.4. The molecule has 5 nitrogen and oxygen atoms in total. The maximum Gasteiger partial charge on any atom is 0.234 e. The summed E-state index contributed by atoms with van der Waals surface area (Å²) in [4.78, 5) is 1.92. The molecule has 0 saturated carbocycles. The van der Waals surface area contributed by atoms with Crippen LogP contribution in [-0.2, 0) is 10.0 Å². The molecule has 1 aromatic carbocycles. The van der Waals surface area contributed by atoms with E-state index in [1.807, 2.05) is 32.0 Å². The maximum absolute atomic E-state index is 11.5. The van der Waals surface area contributed by atoms with E-state index in [0.29, 0.717) is 5.69 Å². The number of aliphatic hydroxyl groups is 1. The second-order valence-corrected chi connectivity index (χ2v) is 5.88. The van der Waals surface area contributed by atoms with Gasteiger partial charge in [-0.3, -0.25) is 4.72 Å². The van der Waals surface area contributed by atoms with Crippen molar-refractivity contribution in [1.82, 2.24) is 0 Å². The molecule has 0 aromatic heterocycles. The van der Waals surface area contributed by atoms with Gasteiger partial charge in [0.25, 0.3) is 0 Å². The Kier molecular flexibility index (Phi) is 4.36. The van der Waals surface area contributed by atoms with Crippen molar-refractivity contribution >= 4 is 21.4 Å². The van der Waals surface area contributed by atoms with Gasteiger partial charge in [0.1, 0.15) is 0 Å². The van der Waals surface area contributed by atoms with E-state index in [2.05, 4.69) is 4.72 Å². The van der Waals surface area contributed by atoms with E-state index >= 15 is 0 Å². The van der Waals surface area contributed by atoms with E-state index in [4.69, 9.17) is 5.11 Å². The Morgan fingerprint density at radius 1 is 1.35 bits per heavy atom. The molecular weight excluding hydrogens is 240 g/mol. The largest absolute Gasteiger partial charge is 0.395 e. The van der Waals surface area contributed by atoms with Crippen molar-refractivity contribution in [2.24, 2.45) is 0 Å². The summed E-state index contributed by atoms with van der Waals surface area (Å²) in [7, 11) is 0.336. The lowest BCUT2D eigenvalue weighted by atomic mass is 10.2. The highest BCUT2D eigenvalue weighted by Crippen LogP contribution is 2.23. The monoisotopic (exact) mass is 258 g/mol. The third kappa shape index (κ3) is 3.90. The normalized spacial score (nSPS) is 11.3. The third-order valence-electron chi connectivity index (χ3n) is 2.32. The highest BCUT2D eigenvalue weighted by atomic mass is 32.2. The van der Waals surface area contributed by atoms with Crippen LogP contribution in [0, 0.1) is 6.92 Å². The highest BCUT2D eigenvalue weighted by molar-refractivity contribution is 7.92. The Bertz CT molecular complexity index is 483. The topological polar surface area (TPSA) is 69.6 Å². The molecule has 0 fully saturated rings. The third-order valence-corrected chi connectivity index (χ3v) is 3.59. The minimum Gasteiger partial charge on any atom is -0.395 e. The number of benzene rings is 1. The summed E-state index contributed by atoms with van der Waals surface area (Å²) in [6.07, 6.45) is 0. The van der Waals surface area contributed by atoms with Gasteiger partial charge in [-0.25, -0.2) is 8.42 Å². The zero-order valence-corrected chi connectivity index (χ0v) is 11.1. The molecule has 0 aliphatic heterocycles. The summed E-state index contributed by atoms with van der Waals surface area (Å²) in [5.41, 5.74) is 2.53. The molecule has 2 N–H and O–H groups in total. The van der Waals surface area contributed by atoms with Crippen LogP contribution in [-0.4, -0.2) is 40.0 Å². The lowest BCUT2D eigenvalue weighted by molar-refractivity contribution is 0.320. The van der Waals surface area contributed by atoms with Crippen molar-refractivity contribution in [1.29, 1.82) is 0 Å². The molecular formula is C11H18N2O3S. The van der Waals surface area contributed by atoms with Gasteiger partial charge in [0, 0.05) is 19.8 Å². The molecule has 0 unspecified atom stereocenters. The summed E-state index contributed by atoms with van der Waals surface area (Å²) in [5, 5.41) is 8.64. The van der Waals surface area contributed by atoms with Crippen LogP contribution in [0.4, 0.5) is 11.4 Å². The quantitative estimate of drug-likeness (QED) is 0.819. The number of hydrogen-bond donors (Lipinski definition) is 2. The average molecular weight is 258 g/mol. The van der Waals surface area contributed by atoms with Gasteiger partial charge in [-0.2, -0.15) is 0 Å². The van der Waals surface area contributed by atoms with Crippen LogP contribution in [0.15, 0.2) is 18.2 Å². The van der Waals surface area contributed by atoms with E-state index in [-0.39, 0.29) is 12.4 Å². The summed E-state index contributed by atoms with van der Waals surface area (Å²) in [6, 6.07) is 5.33. The van der Waals surface area contributed by atoms with Gasteiger partial charge in [-0.15, -0.1) is 0 Å². The van der Waals surface area contributed by atoms with Crippen LogP contribution < -0.4 is 9.62 Å². The van der Waals surface area contributed by atoms with E-state index in [0.717, 1.165) is 11.3 Å². The van der Waals surface area contributed by atoms with Gasteiger partial charge in [-0.1, -0.05) is 6.07 Å². The van der Waals surface area contributed by atoms with Crippen LogP contribution >= 0.6 is 0 Å². The fraction of sp³-hybridized carbons (Fsp3) is 0.455. The van der Waals surface area contributed by atoms with E-state index in [1.54, 1.807) is 12.1 Å². The fourth-order valence-corrected chi connectivity index (χ4v) is 2.33. The SMILES string of the molecule is Cc1ccc(NS(=O)(=O)CCO)cc1N(C)C. The summed E-state index contributed by atoms with van der Waals surface area (Å²) in [6.45, 7) is 1.57. The van der Waals surface area contributed by atoms with Crippen molar-refractivity contribution in [2.45, 2.75) is 6.92 Å². The molecule has 17 heavy (non-hydrogen) atoms. The first-order chi connectivity index (χ1) is 7.85. The summed E-state index contributed by atoms with van der Waals surface area (Å²) in [5.74, 6) is -0.293. The molecule has 1 aromatic rings. The number of sulfonamides is 1. The van der Waals surface area contributed by atoms with Gasteiger partial charge >= 0.3 is 0 Å². The number of hydrogen-bond acceptors (Lipinski definition) is 4. The van der Waals surface area contributed by atoms with Crippen LogP contribution in [0.5, 0.6) is 0 Å². The number of rotatable bonds is 5. The molecule has 0 aliphatic carbocycles. The first kappa shape index (κ1) is 13.8. The second kappa shape index (κ2) is 5.37. The number of aryl methyl sites for hydroxylation is 1. The lowest BCUT2D eigenvalue weighted by Gasteiger charge is -2.17. The molecule has 6 heteroatoms. The molecule has 0 saturated heterocycles. The van der Waals surface area contributed by atoms with E-state index < -0.39 is 10.0 Å². The standard InChI is InChI=1S/C11H18N2O3S/c1-9-4-5-10(8-11(9)13(2)3)12-17(15,16)7-6-14/h4-5,8,12,14H,6-7H2,1-3H3. The molecule has 0 heterocycles. The predicted octanol–water partition coefficient (Wildman–Crippen LogP) is 0.795. The van der Waals surface area contributed by atoms with Gasteiger partial charge in [0.2, 0.25) is 10.0 Å².